The third-order valence-corrected chi connectivity index (χ3v) is 3.64. The Hall–Kier alpha value is -2.40. The minimum Gasteiger partial charge on any atom is -0.387 e. The Kier molecular flexibility index (Phi) is 3.35. The second kappa shape index (κ2) is 5.18. The molecule has 0 saturated carbocycles. The lowest BCUT2D eigenvalue weighted by molar-refractivity contribution is 0.156. The van der Waals surface area contributed by atoms with E-state index in [4.69, 9.17) is 0 Å². The first kappa shape index (κ1) is 13.6. The first-order valence-electron chi connectivity index (χ1n) is 6.65. The number of fused-ring (bicyclic) bond motifs is 1. The molecule has 3 aromatic rings. The molecule has 0 amide bonds. The van der Waals surface area contributed by atoms with Crippen molar-refractivity contribution in [3.8, 4) is 0 Å². The second-order valence-corrected chi connectivity index (χ2v) is 5.01. The quantitative estimate of drug-likeness (QED) is 0.802. The van der Waals surface area contributed by atoms with Crippen LogP contribution < -0.4 is 5.69 Å². The van der Waals surface area contributed by atoms with Crippen LogP contribution >= 0.6 is 0 Å². The van der Waals surface area contributed by atoms with Gasteiger partial charge < -0.3 is 5.11 Å². The highest BCUT2D eigenvalue weighted by Crippen LogP contribution is 2.18. The van der Waals surface area contributed by atoms with Crippen molar-refractivity contribution >= 4 is 11.0 Å². The van der Waals surface area contributed by atoms with Crippen LogP contribution in [0.25, 0.3) is 11.0 Å². The first-order valence-corrected chi connectivity index (χ1v) is 6.65. The molecule has 108 valence electrons. The van der Waals surface area contributed by atoms with Crippen LogP contribution in [0, 0.1) is 5.82 Å². The van der Waals surface area contributed by atoms with Gasteiger partial charge in [-0.1, -0.05) is 24.3 Å². The van der Waals surface area contributed by atoms with E-state index in [0.717, 1.165) is 11.0 Å². The zero-order valence-electron chi connectivity index (χ0n) is 11.5. The molecule has 0 aliphatic rings. The molecular weight excluding hydrogens is 271 g/mol. The Labute approximate surface area is 120 Å². The predicted molar refractivity (Wildman–Crippen MR) is 78.5 cm³/mol. The van der Waals surface area contributed by atoms with Crippen molar-refractivity contribution in [3.05, 3.63) is 70.4 Å². The van der Waals surface area contributed by atoms with Gasteiger partial charge in [-0.25, -0.2) is 9.18 Å². The molecule has 2 aromatic carbocycles. The number of aromatic nitrogens is 2. The SMILES string of the molecule is Cn1c(=O)n(CC(O)c2cccc(F)c2)c2ccccc21. The van der Waals surface area contributed by atoms with E-state index in [2.05, 4.69) is 0 Å². The van der Waals surface area contributed by atoms with E-state index in [1.54, 1.807) is 19.2 Å². The molecule has 0 aliphatic carbocycles. The summed E-state index contributed by atoms with van der Waals surface area (Å²) in [6, 6.07) is 13.2. The van der Waals surface area contributed by atoms with Gasteiger partial charge in [0.25, 0.3) is 0 Å². The van der Waals surface area contributed by atoms with Crippen LogP contribution in [-0.2, 0) is 13.6 Å². The number of nitrogens with zero attached hydrogens (tertiary/aromatic N) is 2. The zero-order chi connectivity index (χ0) is 15.0. The Bertz CT molecular complexity index is 851. The summed E-state index contributed by atoms with van der Waals surface area (Å²) in [5.41, 5.74) is 1.80. The fourth-order valence-corrected chi connectivity index (χ4v) is 2.53. The number of imidazole rings is 1. The van der Waals surface area contributed by atoms with E-state index >= 15 is 0 Å². The normalized spacial score (nSPS) is 12.7. The van der Waals surface area contributed by atoms with Crippen molar-refractivity contribution in [1.82, 2.24) is 9.13 Å². The van der Waals surface area contributed by atoms with E-state index in [0.29, 0.717) is 5.56 Å². The zero-order valence-corrected chi connectivity index (χ0v) is 11.5. The predicted octanol–water partition coefficient (Wildman–Crippen LogP) is 2.21. The van der Waals surface area contributed by atoms with Crippen molar-refractivity contribution in [2.75, 3.05) is 0 Å². The maximum Gasteiger partial charge on any atom is 0.328 e. The molecular formula is C16H15FN2O2. The number of hydrogen-bond donors (Lipinski definition) is 1. The first-order chi connectivity index (χ1) is 10.1. The number of hydrogen-bond acceptors (Lipinski definition) is 2. The fraction of sp³-hybridized carbons (Fsp3) is 0.188. The van der Waals surface area contributed by atoms with Gasteiger partial charge in [-0.15, -0.1) is 0 Å². The van der Waals surface area contributed by atoms with Crippen molar-refractivity contribution in [2.24, 2.45) is 7.05 Å². The van der Waals surface area contributed by atoms with Crippen LogP contribution in [0.4, 0.5) is 4.39 Å². The van der Waals surface area contributed by atoms with Gasteiger partial charge in [-0.2, -0.15) is 0 Å². The molecule has 3 rings (SSSR count). The van der Waals surface area contributed by atoms with Gasteiger partial charge in [-0.3, -0.25) is 9.13 Å². The molecule has 0 saturated heterocycles. The van der Waals surface area contributed by atoms with Crippen LogP contribution in [-0.4, -0.2) is 14.2 Å². The van der Waals surface area contributed by atoms with Crippen molar-refractivity contribution in [3.63, 3.8) is 0 Å². The molecule has 0 bridgehead atoms. The molecule has 21 heavy (non-hydrogen) atoms. The molecule has 0 fully saturated rings. The number of aryl methyl sites for hydroxylation is 1. The summed E-state index contributed by atoms with van der Waals surface area (Å²) < 4.78 is 16.3. The fourth-order valence-electron chi connectivity index (χ4n) is 2.53. The number of aliphatic hydroxyl groups excluding tert-OH is 1. The molecule has 0 spiro atoms. The minimum absolute atomic E-state index is 0.0869. The summed E-state index contributed by atoms with van der Waals surface area (Å²) in [5.74, 6) is -0.406. The van der Waals surface area contributed by atoms with Crippen LogP contribution in [0.5, 0.6) is 0 Å². The summed E-state index contributed by atoms with van der Waals surface area (Å²) in [5, 5.41) is 10.3. The molecule has 5 heteroatoms. The lowest BCUT2D eigenvalue weighted by atomic mass is 10.1. The van der Waals surface area contributed by atoms with Crippen LogP contribution in [0.2, 0.25) is 0 Å². The Morgan fingerprint density at radius 1 is 1.14 bits per heavy atom. The van der Waals surface area contributed by atoms with Crippen molar-refractivity contribution < 1.29 is 9.50 Å². The smallest absolute Gasteiger partial charge is 0.328 e. The Morgan fingerprint density at radius 2 is 1.86 bits per heavy atom. The molecule has 1 atom stereocenters. The third-order valence-electron chi connectivity index (χ3n) is 3.64. The van der Waals surface area contributed by atoms with Gasteiger partial charge in [0.05, 0.1) is 23.7 Å². The number of aliphatic hydroxyl groups is 1. The van der Waals surface area contributed by atoms with Gasteiger partial charge in [-0.05, 0) is 29.8 Å². The highest BCUT2D eigenvalue weighted by atomic mass is 19.1. The highest BCUT2D eigenvalue weighted by molar-refractivity contribution is 5.75. The van der Waals surface area contributed by atoms with Crippen LogP contribution in [0.3, 0.4) is 0 Å². The topological polar surface area (TPSA) is 47.2 Å². The summed E-state index contributed by atoms with van der Waals surface area (Å²) in [4.78, 5) is 12.3. The molecule has 1 unspecified atom stereocenters. The lowest BCUT2D eigenvalue weighted by Crippen LogP contribution is -2.24. The monoisotopic (exact) mass is 286 g/mol. The summed E-state index contributed by atoms with van der Waals surface area (Å²) >= 11 is 0. The molecule has 1 N–H and O–H groups in total. The van der Waals surface area contributed by atoms with Crippen LogP contribution in [0.15, 0.2) is 53.3 Å². The number of para-hydroxylation sites is 2. The Morgan fingerprint density at radius 3 is 2.57 bits per heavy atom. The van der Waals surface area contributed by atoms with Gasteiger partial charge in [0.15, 0.2) is 0 Å². The van der Waals surface area contributed by atoms with E-state index < -0.39 is 11.9 Å². The van der Waals surface area contributed by atoms with E-state index in [-0.39, 0.29) is 12.2 Å². The molecule has 1 aromatic heterocycles. The third kappa shape index (κ3) is 2.36. The van der Waals surface area contributed by atoms with E-state index in [9.17, 15) is 14.3 Å². The van der Waals surface area contributed by atoms with Gasteiger partial charge >= 0.3 is 5.69 Å². The van der Waals surface area contributed by atoms with Crippen molar-refractivity contribution in [1.29, 1.82) is 0 Å². The number of rotatable bonds is 3. The largest absolute Gasteiger partial charge is 0.387 e. The molecule has 0 radical (unpaired) electrons. The van der Waals surface area contributed by atoms with Crippen LogP contribution in [0.1, 0.15) is 11.7 Å². The Balaban J connectivity index is 2.02. The van der Waals surface area contributed by atoms with E-state index in [1.807, 2.05) is 24.3 Å². The second-order valence-electron chi connectivity index (χ2n) is 5.01. The van der Waals surface area contributed by atoms with Gasteiger partial charge in [0, 0.05) is 7.05 Å². The van der Waals surface area contributed by atoms with Crippen molar-refractivity contribution in [2.45, 2.75) is 12.6 Å². The minimum atomic E-state index is -0.941. The summed E-state index contributed by atoms with van der Waals surface area (Å²) in [6.07, 6.45) is -0.941. The number of benzene rings is 2. The molecule has 4 nitrogen and oxygen atoms in total. The number of halogens is 1. The van der Waals surface area contributed by atoms with Gasteiger partial charge in [0.1, 0.15) is 5.82 Å². The molecule has 0 aliphatic heterocycles. The summed E-state index contributed by atoms with van der Waals surface area (Å²) in [7, 11) is 1.69. The lowest BCUT2D eigenvalue weighted by Gasteiger charge is -2.12. The maximum atomic E-state index is 13.2. The average Bonchev–Trinajstić information content (AvgIpc) is 2.73. The highest BCUT2D eigenvalue weighted by Gasteiger charge is 2.15. The van der Waals surface area contributed by atoms with E-state index in [1.165, 1.54) is 21.3 Å². The average molecular weight is 286 g/mol. The standard InChI is InChI=1S/C16H15FN2O2/c1-18-13-7-2-3-8-14(13)19(16(18)21)10-15(20)11-5-4-6-12(17)9-11/h2-9,15,20H,10H2,1H3. The summed E-state index contributed by atoms with van der Waals surface area (Å²) in [6.45, 7) is 0.0869. The van der Waals surface area contributed by atoms with Gasteiger partial charge in [0.2, 0.25) is 0 Å². The molecule has 1 heterocycles. The maximum absolute atomic E-state index is 13.2.